The van der Waals surface area contributed by atoms with Gasteiger partial charge < -0.3 is 24.3 Å². The van der Waals surface area contributed by atoms with E-state index in [2.05, 4.69) is 46.8 Å². The Kier molecular flexibility index (Phi) is 8.34. The van der Waals surface area contributed by atoms with Crippen LogP contribution in [0.4, 0.5) is 0 Å². The molecule has 0 unspecified atom stereocenters. The number of carbonyl (C=O) groups excluding carboxylic acids is 1. The summed E-state index contributed by atoms with van der Waals surface area (Å²) in [7, 11) is 3.45. The van der Waals surface area contributed by atoms with Crippen molar-refractivity contribution in [3.05, 3.63) is 59.8 Å². The number of likely N-dealkylation sites (tertiary alicyclic amines) is 1. The summed E-state index contributed by atoms with van der Waals surface area (Å²) < 4.78 is 13.4. The Morgan fingerprint density at radius 1 is 1.00 bits per heavy atom. The predicted octanol–water partition coefficient (Wildman–Crippen LogP) is 5.31. The Hall–Kier alpha value is -2.99. The number of hydrogen-bond acceptors (Lipinski definition) is 4. The number of methoxy groups -OCH3 is 2. The highest BCUT2D eigenvalue weighted by molar-refractivity contribution is 6.08. The molecule has 1 aliphatic rings. The van der Waals surface area contributed by atoms with Crippen molar-refractivity contribution in [2.45, 2.75) is 45.6 Å². The van der Waals surface area contributed by atoms with Gasteiger partial charge in [0.2, 0.25) is 0 Å². The van der Waals surface area contributed by atoms with Crippen molar-refractivity contribution in [3.63, 3.8) is 0 Å². The minimum Gasteiger partial charge on any atom is -0.496 e. The summed E-state index contributed by atoms with van der Waals surface area (Å²) in [4.78, 5) is 15.5. The lowest BCUT2D eigenvalue weighted by Gasteiger charge is -2.32. The number of aromatic nitrogens is 1. The molecule has 1 fully saturated rings. The Morgan fingerprint density at radius 3 is 2.43 bits per heavy atom. The lowest BCUT2D eigenvalue weighted by molar-refractivity contribution is 0.0950. The topological polar surface area (TPSA) is 55.7 Å². The minimum atomic E-state index is -0.0193. The van der Waals surface area contributed by atoms with Gasteiger partial charge in [-0.25, -0.2) is 0 Å². The summed E-state index contributed by atoms with van der Waals surface area (Å²) in [5.41, 5.74) is 3.06. The van der Waals surface area contributed by atoms with E-state index in [0.29, 0.717) is 18.4 Å². The van der Waals surface area contributed by atoms with E-state index in [1.165, 1.54) is 5.56 Å². The van der Waals surface area contributed by atoms with Crippen LogP contribution in [0.1, 0.15) is 54.9 Å². The number of ether oxygens (including phenoxy) is 2. The van der Waals surface area contributed by atoms with Gasteiger partial charge in [-0.05, 0) is 68.4 Å². The van der Waals surface area contributed by atoms with Gasteiger partial charge in [0.25, 0.3) is 5.91 Å². The Balaban J connectivity index is 1.39. The van der Waals surface area contributed by atoms with Gasteiger partial charge >= 0.3 is 0 Å². The Bertz CT molecular complexity index is 1130. The van der Waals surface area contributed by atoms with Gasteiger partial charge in [0.05, 0.1) is 25.3 Å². The van der Waals surface area contributed by atoms with Crippen molar-refractivity contribution < 1.29 is 14.3 Å². The van der Waals surface area contributed by atoms with E-state index >= 15 is 0 Å². The SMILES string of the molecule is COc1ccccc1C1CCN(CCCn2cc(C(=O)NCC(C)C)c3cccc(OC)c32)CC1. The van der Waals surface area contributed by atoms with Crippen LogP contribution in [0.2, 0.25) is 0 Å². The number of carbonyl (C=O) groups is 1. The number of aryl methyl sites for hydroxylation is 1. The van der Waals surface area contributed by atoms with E-state index in [1.807, 2.05) is 30.5 Å². The first kappa shape index (κ1) is 25.1. The Morgan fingerprint density at radius 2 is 1.71 bits per heavy atom. The molecule has 0 bridgehead atoms. The molecule has 1 amide bonds. The number of fused-ring (bicyclic) bond motifs is 1. The number of nitrogens with zero attached hydrogens (tertiary/aromatic N) is 2. The van der Waals surface area contributed by atoms with Crippen LogP contribution in [-0.2, 0) is 6.54 Å². The maximum absolute atomic E-state index is 12.9. The number of hydrogen-bond donors (Lipinski definition) is 1. The van der Waals surface area contributed by atoms with Crippen LogP contribution in [0.15, 0.2) is 48.7 Å². The lowest BCUT2D eigenvalue weighted by Crippen LogP contribution is -2.34. The van der Waals surface area contributed by atoms with E-state index in [4.69, 9.17) is 9.47 Å². The first-order chi connectivity index (χ1) is 17.0. The highest BCUT2D eigenvalue weighted by Crippen LogP contribution is 2.34. The molecule has 1 N–H and O–H groups in total. The van der Waals surface area contributed by atoms with E-state index in [1.54, 1.807) is 14.2 Å². The molecule has 6 nitrogen and oxygen atoms in total. The number of amides is 1. The summed E-state index contributed by atoms with van der Waals surface area (Å²) in [6.45, 7) is 8.96. The second kappa shape index (κ2) is 11.6. The fraction of sp³-hybridized carbons (Fsp3) is 0.483. The van der Waals surface area contributed by atoms with Crippen LogP contribution in [0.5, 0.6) is 11.5 Å². The number of rotatable bonds is 10. The third-order valence-electron chi connectivity index (χ3n) is 7.04. The first-order valence-electron chi connectivity index (χ1n) is 12.8. The first-order valence-corrected chi connectivity index (χ1v) is 12.8. The molecule has 1 saturated heterocycles. The molecular weight excluding hydrogens is 438 g/mol. The van der Waals surface area contributed by atoms with Gasteiger partial charge in [-0.15, -0.1) is 0 Å². The van der Waals surface area contributed by atoms with Crippen molar-refractivity contribution in [3.8, 4) is 11.5 Å². The molecule has 2 aromatic carbocycles. The normalized spacial score (nSPS) is 15.0. The molecular formula is C29H39N3O3. The van der Waals surface area contributed by atoms with Crippen molar-refractivity contribution >= 4 is 16.8 Å². The smallest absolute Gasteiger partial charge is 0.253 e. The molecule has 6 heteroatoms. The monoisotopic (exact) mass is 477 g/mol. The largest absolute Gasteiger partial charge is 0.496 e. The molecule has 3 aromatic rings. The molecule has 1 aliphatic heterocycles. The molecule has 0 aliphatic carbocycles. The zero-order chi connectivity index (χ0) is 24.8. The lowest BCUT2D eigenvalue weighted by atomic mass is 9.89. The zero-order valence-electron chi connectivity index (χ0n) is 21.5. The quantitative estimate of drug-likeness (QED) is 0.430. The van der Waals surface area contributed by atoms with Crippen molar-refractivity contribution in [2.24, 2.45) is 5.92 Å². The highest BCUT2D eigenvalue weighted by Gasteiger charge is 2.23. The van der Waals surface area contributed by atoms with E-state index in [9.17, 15) is 4.79 Å². The van der Waals surface area contributed by atoms with Gasteiger partial charge in [-0.1, -0.05) is 44.2 Å². The summed E-state index contributed by atoms with van der Waals surface area (Å²) in [5, 5.41) is 4.01. The van der Waals surface area contributed by atoms with E-state index in [-0.39, 0.29) is 5.91 Å². The Labute approximate surface area is 209 Å². The van der Waals surface area contributed by atoms with Crippen LogP contribution >= 0.6 is 0 Å². The molecule has 0 saturated carbocycles. The summed E-state index contributed by atoms with van der Waals surface area (Å²) in [6, 6.07) is 14.4. The van der Waals surface area contributed by atoms with Gasteiger partial charge in [0, 0.05) is 24.7 Å². The summed E-state index contributed by atoms with van der Waals surface area (Å²) in [6.07, 6.45) is 5.33. The van der Waals surface area contributed by atoms with Crippen molar-refractivity contribution in [1.29, 1.82) is 0 Å². The number of nitrogens with one attached hydrogen (secondary N) is 1. The van der Waals surface area contributed by atoms with Gasteiger partial charge in [0.15, 0.2) is 0 Å². The summed E-state index contributed by atoms with van der Waals surface area (Å²) in [5.74, 6) is 2.77. The second-order valence-electron chi connectivity index (χ2n) is 9.91. The minimum absolute atomic E-state index is 0.0193. The molecule has 2 heterocycles. The molecule has 0 radical (unpaired) electrons. The van der Waals surface area contributed by atoms with Gasteiger partial charge in [0.1, 0.15) is 11.5 Å². The average molecular weight is 478 g/mol. The van der Waals surface area contributed by atoms with Crippen molar-refractivity contribution in [1.82, 2.24) is 14.8 Å². The molecule has 0 atom stereocenters. The van der Waals surface area contributed by atoms with Crippen LogP contribution < -0.4 is 14.8 Å². The molecule has 4 rings (SSSR count). The van der Waals surface area contributed by atoms with Crippen LogP contribution in [0, 0.1) is 5.92 Å². The number of benzene rings is 2. The fourth-order valence-corrected chi connectivity index (χ4v) is 5.18. The van der Waals surface area contributed by atoms with Crippen LogP contribution in [0.25, 0.3) is 10.9 Å². The number of piperidine rings is 1. The third kappa shape index (κ3) is 5.81. The maximum atomic E-state index is 12.9. The van der Waals surface area contributed by atoms with Crippen LogP contribution in [-0.4, -0.2) is 55.8 Å². The van der Waals surface area contributed by atoms with E-state index in [0.717, 1.165) is 73.4 Å². The third-order valence-corrected chi connectivity index (χ3v) is 7.04. The van der Waals surface area contributed by atoms with Crippen LogP contribution in [0.3, 0.4) is 0 Å². The molecule has 0 spiro atoms. The second-order valence-corrected chi connectivity index (χ2v) is 9.91. The highest BCUT2D eigenvalue weighted by atomic mass is 16.5. The number of para-hydroxylation sites is 2. The summed E-state index contributed by atoms with van der Waals surface area (Å²) >= 11 is 0. The average Bonchev–Trinajstić information content (AvgIpc) is 3.26. The van der Waals surface area contributed by atoms with E-state index < -0.39 is 0 Å². The molecule has 188 valence electrons. The fourth-order valence-electron chi connectivity index (χ4n) is 5.18. The predicted molar refractivity (Wildman–Crippen MR) is 142 cm³/mol. The standard InChI is InChI=1S/C29H39N3O3/c1-21(2)19-30-29(33)25-20-32(28-24(25)10-7-12-27(28)35-4)16-8-15-31-17-13-22(14-18-31)23-9-5-6-11-26(23)34-3/h5-7,9-12,20-22H,8,13-19H2,1-4H3,(H,30,33). The molecule has 35 heavy (non-hydrogen) atoms. The van der Waals surface area contributed by atoms with Crippen molar-refractivity contribution in [2.75, 3.05) is 40.4 Å². The maximum Gasteiger partial charge on any atom is 0.253 e. The zero-order valence-corrected chi connectivity index (χ0v) is 21.5. The van der Waals surface area contributed by atoms with Gasteiger partial charge in [-0.3, -0.25) is 4.79 Å². The van der Waals surface area contributed by atoms with Gasteiger partial charge in [-0.2, -0.15) is 0 Å². The molecule has 1 aromatic heterocycles.